The van der Waals surface area contributed by atoms with Gasteiger partial charge >= 0.3 is 6.18 Å². The van der Waals surface area contributed by atoms with Gasteiger partial charge in [0.05, 0.1) is 11.3 Å². The number of hydrogen-bond donors (Lipinski definition) is 1. The number of aromatic nitrogens is 2. The number of thiazole rings is 1. The van der Waals surface area contributed by atoms with E-state index < -0.39 is 11.7 Å². The van der Waals surface area contributed by atoms with Crippen molar-refractivity contribution in [1.82, 2.24) is 14.9 Å². The molecule has 3 heterocycles. The standard InChI is InChI=1S/C21H22F3N5S/c22-21(23,24)16-7-8-19(25-13-16)29-10-4-9-28(11-12-29)14-18-15-30-20(27-18)26-17-5-2-1-3-6-17/h1-3,5-8,13,15H,4,9-12,14H2,(H,26,27). The Morgan fingerprint density at radius 1 is 1.00 bits per heavy atom. The molecule has 1 saturated heterocycles. The zero-order valence-electron chi connectivity index (χ0n) is 16.3. The molecule has 1 N–H and O–H groups in total. The lowest BCUT2D eigenvalue weighted by atomic mass is 10.2. The topological polar surface area (TPSA) is 44.3 Å². The summed E-state index contributed by atoms with van der Waals surface area (Å²) in [6.45, 7) is 3.96. The Morgan fingerprint density at radius 2 is 1.83 bits per heavy atom. The molecule has 0 atom stereocenters. The maximum absolute atomic E-state index is 12.7. The average Bonchev–Trinajstić information content (AvgIpc) is 3.03. The van der Waals surface area contributed by atoms with Crippen LogP contribution in [0.15, 0.2) is 54.0 Å². The van der Waals surface area contributed by atoms with Crippen LogP contribution in [0.5, 0.6) is 0 Å². The normalized spacial score (nSPS) is 15.8. The van der Waals surface area contributed by atoms with Gasteiger partial charge in [0.1, 0.15) is 5.82 Å². The molecule has 1 aliphatic rings. The average molecular weight is 434 g/mol. The molecule has 30 heavy (non-hydrogen) atoms. The second-order valence-electron chi connectivity index (χ2n) is 7.15. The number of nitrogens with one attached hydrogen (secondary N) is 1. The summed E-state index contributed by atoms with van der Waals surface area (Å²) < 4.78 is 38.2. The monoisotopic (exact) mass is 433 g/mol. The number of anilines is 3. The van der Waals surface area contributed by atoms with Gasteiger partial charge in [-0.2, -0.15) is 13.2 Å². The molecule has 2 aromatic heterocycles. The molecule has 4 rings (SSSR count). The van der Waals surface area contributed by atoms with E-state index in [1.807, 2.05) is 35.2 Å². The number of pyridine rings is 1. The largest absolute Gasteiger partial charge is 0.417 e. The van der Waals surface area contributed by atoms with Crippen molar-refractivity contribution in [3.8, 4) is 0 Å². The van der Waals surface area contributed by atoms with E-state index >= 15 is 0 Å². The number of halogens is 3. The number of rotatable bonds is 5. The Kier molecular flexibility index (Phi) is 6.19. The molecular weight excluding hydrogens is 411 g/mol. The van der Waals surface area contributed by atoms with E-state index in [9.17, 15) is 13.2 Å². The van der Waals surface area contributed by atoms with E-state index in [4.69, 9.17) is 0 Å². The highest BCUT2D eigenvalue weighted by molar-refractivity contribution is 7.13. The molecule has 0 saturated carbocycles. The zero-order chi connectivity index (χ0) is 21.0. The van der Waals surface area contributed by atoms with Crippen molar-refractivity contribution in [1.29, 1.82) is 0 Å². The number of hydrogen-bond acceptors (Lipinski definition) is 6. The fourth-order valence-corrected chi connectivity index (χ4v) is 4.13. The Balaban J connectivity index is 1.32. The molecule has 0 aliphatic carbocycles. The van der Waals surface area contributed by atoms with E-state index in [2.05, 4.69) is 25.6 Å². The smallest absolute Gasteiger partial charge is 0.355 e. The molecule has 158 valence electrons. The van der Waals surface area contributed by atoms with Gasteiger partial charge in [-0.15, -0.1) is 11.3 Å². The van der Waals surface area contributed by atoms with Gasteiger partial charge in [0.15, 0.2) is 5.13 Å². The maximum Gasteiger partial charge on any atom is 0.417 e. The minimum atomic E-state index is -4.36. The second kappa shape index (κ2) is 9.01. The number of benzene rings is 1. The van der Waals surface area contributed by atoms with Crippen LogP contribution < -0.4 is 10.2 Å². The lowest BCUT2D eigenvalue weighted by Crippen LogP contribution is -2.31. The summed E-state index contributed by atoms with van der Waals surface area (Å²) in [5.74, 6) is 0.591. The van der Waals surface area contributed by atoms with E-state index in [-0.39, 0.29) is 0 Å². The number of alkyl halides is 3. The number of nitrogens with zero attached hydrogens (tertiary/aromatic N) is 4. The van der Waals surface area contributed by atoms with Gasteiger partial charge in [-0.25, -0.2) is 9.97 Å². The van der Waals surface area contributed by atoms with Gasteiger partial charge in [-0.05, 0) is 30.7 Å². The van der Waals surface area contributed by atoms with Crippen LogP contribution in [0.1, 0.15) is 17.7 Å². The molecule has 9 heteroatoms. The molecular formula is C21H22F3N5S. The van der Waals surface area contributed by atoms with Crippen LogP contribution in [-0.2, 0) is 12.7 Å². The third-order valence-corrected chi connectivity index (χ3v) is 5.76. The third kappa shape index (κ3) is 5.28. The zero-order valence-corrected chi connectivity index (χ0v) is 17.1. The summed E-state index contributed by atoms with van der Waals surface area (Å²) in [5.41, 5.74) is 1.30. The van der Waals surface area contributed by atoms with Gasteiger partial charge in [0.25, 0.3) is 0 Å². The molecule has 0 unspecified atom stereocenters. The van der Waals surface area contributed by atoms with Crippen molar-refractivity contribution in [3.05, 3.63) is 65.3 Å². The minimum absolute atomic E-state index is 0.591. The van der Waals surface area contributed by atoms with E-state index in [1.165, 1.54) is 6.07 Å². The van der Waals surface area contributed by atoms with E-state index in [0.717, 1.165) is 67.9 Å². The molecule has 1 aromatic carbocycles. The quantitative estimate of drug-likeness (QED) is 0.613. The first-order valence-corrected chi connectivity index (χ1v) is 10.6. The SMILES string of the molecule is FC(F)(F)c1ccc(N2CCCN(Cc3csc(Nc4ccccc4)n3)CC2)nc1. The van der Waals surface area contributed by atoms with Crippen LogP contribution in [0.25, 0.3) is 0 Å². The van der Waals surface area contributed by atoms with Crippen molar-refractivity contribution >= 4 is 28.0 Å². The van der Waals surface area contributed by atoms with E-state index in [1.54, 1.807) is 11.3 Å². The van der Waals surface area contributed by atoms with Crippen LogP contribution in [0.3, 0.4) is 0 Å². The molecule has 1 fully saturated rings. The lowest BCUT2D eigenvalue weighted by molar-refractivity contribution is -0.137. The molecule has 0 radical (unpaired) electrons. The minimum Gasteiger partial charge on any atom is -0.355 e. The van der Waals surface area contributed by atoms with Crippen LogP contribution in [0.2, 0.25) is 0 Å². The maximum atomic E-state index is 12.7. The third-order valence-electron chi connectivity index (χ3n) is 4.95. The first-order valence-electron chi connectivity index (χ1n) is 9.74. The molecule has 1 aliphatic heterocycles. The van der Waals surface area contributed by atoms with Gasteiger partial charge in [-0.1, -0.05) is 18.2 Å². The fraction of sp³-hybridized carbons (Fsp3) is 0.333. The van der Waals surface area contributed by atoms with Gasteiger partial charge < -0.3 is 10.2 Å². The van der Waals surface area contributed by atoms with Gasteiger partial charge in [0.2, 0.25) is 0 Å². The Labute approximate surface area is 177 Å². The molecule has 0 spiro atoms. The predicted molar refractivity (Wildman–Crippen MR) is 113 cm³/mol. The van der Waals surface area contributed by atoms with Crippen LogP contribution in [0.4, 0.5) is 29.8 Å². The Bertz CT molecular complexity index is 943. The van der Waals surface area contributed by atoms with Crippen molar-refractivity contribution in [3.63, 3.8) is 0 Å². The highest BCUT2D eigenvalue weighted by Gasteiger charge is 2.31. The first kappa shape index (κ1) is 20.6. The second-order valence-corrected chi connectivity index (χ2v) is 8.01. The van der Waals surface area contributed by atoms with Crippen LogP contribution in [0, 0.1) is 0 Å². The first-order chi connectivity index (χ1) is 14.5. The van der Waals surface area contributed by atoms with Crippen LogP contribution in [-0.4, -0.2) is 41.0 Å². The van der Waals surface area contributed by atoms with Crippen molar-refractivity contribution < 1.29 is 13.2 Å². The summed E-state index contributed by atoms with van der Waals surface area (Å²) in [7, 11) is 0. The lowest BCUT2D eigenvalue weighted by Gasteiger charge is -2.22. The predicted octanol–water partition coefficient (Wildman–Crippen LogP) is 5.01. The van der Waals surface area contributed by atoms with Crippen molar-refractivity contribution in [2.75, 3.05) is 36.4 Å². The van der Waals surface area contributed by atoms with E-state index in [0.29, 0.717) is 5.82 Å². The molecule has 5 nitrogen and oxygen atoms in total. The highest BCUT2D eigenvalue weighted by atomic mass is 32.1. The fourth-order valence-electron chi connectivity index (χ4n) is 3.41. The molecule has 0 amide bonds. The summed E-state index contributed by atoms with van der Waals surface area (Å²) in [6, 6.07) is 12.5. The molecule has 3 aromatic rings. The summed E-state index contributed by atoms with van der Waals surface area (Å²) in [6.07, 6.45) is -2.53. The van der Waals surface area contributed by atoms with Crippen molar-refractivity contribution in [2.24, 2.45) is 0 Å². The number of para-hydroxylation sites is 1. The Morgan fingerprint density at radius 3 is 2.57 bits per heavy atom. The Hall–Kier alpha value is -2.65. The van der Waals surface area contributed by atoms with Gasteiger partial charge in [-0.3, -0.25) is 4.90 Å². The molecule has 0 bridgehead atoms. The van der Waals surface area contributed by atoms with Crippen LogP contribution >= 0.6 is 11.3 Å². The summed E-state index contributed by atoms with van der Waals surface area (Å²) >= 11 is 1.58. The van der Waals surface area contributed by atoms with Crippen molar-refractivity contribution in [2.45, 2.75) is 19.1 Å². The summed E-state index contributed by atoms with van der Waals surface area (Å²) in [5, 5.41) is 6.23. The van der Waals surface area contributed by atoms with Gasteiger partial charge in [0, 0.05) is 50.0 Å². The highest BCUT2D eigenvalue weighted by Crippen LogP contribution is 2.29. The summed E-state index contributed by atoms with van der Waals surface area (Å²) in [4.78, 5) is 13.1.